The summed E-state index contributed by atoms with van der Waals surface area (Å²) in [5, 5.41) is 0.486. The van der Waals surface area contributed by atoms with Gasteiger partial charge >= 0.3 is 0 Å². The van der Waals surface area contributed by atoms with E-state index < -0.39 is 11.6 Å². The maximum atomic E-state index is 13.4. The molecule has 0 spiro atoms. The van der Waals surface area contributed by atoms with Crippen LogP contribution in [-0.2, 0) is 6.42 Å². The van der Waals surface area contributed by atoms with Crippen LogP contribution in [-0.4, -0.2) is 6.54 Å². The summed E-state index contributed by atoms with van der Waals surface area (Å²) < 4.78 is 31.7. The van der Waals surface area contributed by atoms with Crippen molar-refractivity contribution >= 4 is 11.6 Å². The minimum atomic E-state index is -0.636. The number of rotatable bonds is 4. The lowest BCUT2D eigenvalue weighted by molar-refractivity contribution is 0.436. The zero-order valence-electron chi connectivity index (χ0n) is 10.00. The Hall–Kier alpha value is -1.65. The molecular weight excluding hydrogens is 272 g/mol. The number of hydrogen-bond donors (Lipinski definition) is 1. The SMILES string of the molecule is NCCc1ccc(Oc2cc(F)ccc2F)cc1Cl. The van der Waals surface area contributed by atoms with Crippen LogP contribution in [0.5, 0.6) is 11.5 Å². The van der Waals surface area contributed by atoms with Gasteiger partial charge in [0, 0.05) is 11.1 Å². The molecule has 0 aliphatic carbocycles. The molecule has 2 nitrogen and oxygen atoms in total. The molecule has 0 unspecified atom stereocenters. The van der Waals surface area contributed by atoms with E-state index in [1.165, 1.54) is 0 Å². The van der Waals surface area contributed by atoms with Crippen LogP contribution in [0.1, 0.15) is 5.56 Å². The molecule has 100 valence electrons. The number of hydrogen-bond acceptors (Lipinski definition) is 2. The van der Waals surface area contributed by atoms with E-state index in [-0.39, 0.29) is 5.75 Å². The van der Waals surface area contributed by atoms with Crippen LogP contribution in [0.2, 0.25) is 5.02 Å². The van der Waals surface area contributed by atoms with Gasteiger partial charge in [-0.15, -0.1) is 0 Å². The number of ether oxygens (including phenoxy) is 1. The normalized spacial score (nSPS) is 10.5. The van der Waals surface area contributed by atoms with E-state index >= 15 is 0 Å². The Morgan fingerprint density at radius 3 is 2.58 bits per heavy atom. The maximum absolute atomic E-state index is 13.4. The zero-order valence-corrected chi connectivity index (χ0v) is 10.8. The lowest BCUT2D eigenvalue weighted by Crippen LogP contribution is -2.03. The van der Waals surface area contributed by atoms with Crippen molar-refractivity contribution in [2.24, 2.45) is 5.73 Å². The van der Waals surface area contributed by atoms with Crippen LogP contribution >= 0.6 is 11.6 Å². The van der Waals surface area contributed by atoms with Crippen LogP contribution in [0, 0.1) is 11.6 Å². The number of nitrogens with two attached hydrogens (primary N) is 1. The van der Waals surface area contributed by atoms with E-state index in [9.17, 15) is 8.78 Å². The molecule has 0 heterocycles. The van der Waals surface area contributed by atoms with Gasteiger partial charge < -0.3 is 10.5 Å². The molecule has 0 aliphatic heterocycles. The van der Waals surface area contributed by atoms with Crippen molar-refractivity contribution in [2.45, 2.75) is 6.42 Å². The molecule has 0 saturated heterocycles. The molecule has 2 aromatic carbocycles. The first-order valence-corrected chi connectivity index (χ1v) is 6.09. The third-order valence-electron chi connectivity index (χ3n) is 2.56. The van der Waals surface area contributed by atoms with Gasteiger partial charge in [0.2, 0.25) is 0 Å². The standard InChI is InChI=1S/C14H12ClF2NO/c15-12-8-11(3-1-9(12)5-6-18)19-14-7-10(16)2-4-13(14)17/h1-4,7-8H,5-6,18H2. The van der Waals surface area contributed by atoms with Crippen LogP contribution < -0.4 is 10.5 Å². The smallest absolute Gasteiger partial charge is 0.165 e. The Kier molecular flexibility index (Phi) is 4.35. The first-order valence-electron chi connectivity index (χ1n) is 5.71. The average Bonchev–Trinajstić information content (AvgIpc) is 2.37. The van der Waals surface area contributed by atoms with Crippen molar-refractivity contribution in [1.82, 2.24) is 0 Å². The van der Waals surface area contributed by atoms with Crippen molar-refractivity contribution in [3.63, 3.8) is 0 Å². The van der Waals surface area contributed by atoms with Gasteiger partial charge in [-0.05, 0) is 42.8 Å². The highest BCUT2D eigenvalue weighted by Gasteiger charge is 2.08. The van der Waals surface area contributed by atoms with Gasteiger partial charge in [0.25, 0.3) is 0 Å². The molecule has 2 aromatic rings. The summed E-state index contributed by atoms with van der Waals surface area (Å²) >= 11 is 6.04. The highest BCUT2D eigenvalue weighted by Crippen LogP contribution is 2.29. The lowest BCUT2D eigenvalue weighted by atomic mass is 10.1. The highest BCUT2D eigenvalue weighted by atomic mass is 35.5. The molecule has 0 atom stereocenters. The average molecular weight is 284 g/mol. The van der Waals surface area contributed by atoms with E-state index in [1.807, 2.05) is 0 Å². The van der Waals surface area contributed by atoms with E-state index in [4.69, 9.17) is 22.1 Å². The van der Waals surface area contributed by atoms with Crippen LogP contribution in [0.4, 0.5) is 8.78 Å². The quantitative estimate of drug-likeness (QED) is 0.923. The minimum Gasteiger partial charge on any atom is -0.454 e. The highest BCUT2D eigenvalue weighted by molar-refractivity contribution is 6.31. The topological polar surface area (TPSA) is 35.2 Å². The Bertz CT molecular complexity index is 590. The van der Waals surface area contributed by atoms with Gasteiger partial charge in [-0.1, -0.05) is 17.7 Å². The van der Waals surface area contributed by atoms with Crippen molar-refractivity contribution < 1.29 is 13.5 Å². The Morgan fingerprint density at radius 2 is 1.89 bits per heavy atom. The van der Waals surface area contributed by atoms with Gasteiger partial charge in [-0.25, -0.2) is 8.78 Å². The molecule has 0 amide bonds. The molecule has 0 bridgehead atoms. The molecule has 2 rings (SSSR count). The van der Waals surface area contributed by atoms with Gasteiger partial charge in [0.05, 0.1) is 0 Å². The van der Waals surface area contributed by atoms with E-state index in [1.54, 1.807) is 18.2 Å². The maximum Gasteiger partial charge on any atom is 0.165 e. The third kappa shape index (κ3) is 3.43. The fraction of sp³-hybridized carbons (Fsp3) is 0.143. The van der Waals surface area contributed by atoms with E-state index in [2.05, 4.69) is 0 Å². The summed E-state index contributed by atoms with van der Waals surface area (Å²) in [4.78, 5) is 0. The molecule has 0 radical (unpaired) electrons. The number of halogens is 3. The third-order valence-corrected chi connectivity index (χ3v) is 2.91. The predicted molar refractivity (Wildman–Crippen MR) is 70.6 cm³/mol. The molecule has 0 saturated carbocycles. The summed E-state index contributed by atoms with van der Waals surface area (Å²) in [5.41, 5.74) is 6.33. The van der Waals surface area contributed by atoms with Gasteiger partial charge in [0.15, 0.2) is 11.6 Å². The molecule has 2 N–H and O–H groups in total. The fourth-order valence-corrected chi connectivity index (χ4v) is 1.90. The van der Waals surface area contributed by atoms with Crippen molar-refractivity contribution in [3.8, 4) is 11.5 Å². The first-order chi connectivity index (χ1) is 9.10. The summed E-state index contributed by atoms with van der Waals surface area (Å²) in [6.07, 6.45) is 0.646. The summed E-state index contributed by atoms with van der Waals surface area (Å²) in [5.74, 6) is -1.04. The van der Waals surface area contributed by atoms with E-state index in [0.717, 1.165) is 23.8 Å². The largest absolute Gasteiger partial charge is 0.454 e. The minimum absolute atomic E-state index is 0.178. The number of benzene rings is 2. The van der Waals surface area contributed by atoms with Gasteiger partial charge in [-0.3, -0.25) is 0 Å². The van der Waals surface area contributed by atoms with Gasteiger partial charge in [-0.2, -0.15) is 0 Å². The Labute approximate surface area is 114 Å². The van der Waals surface area contributed by atoms with Gasteiger partial charge in [0.1, 0.15) is 11.6 Å². The van der Waals surface area contributed by atoms with Crippen molar-refractivity contribution in [2.75, 3.05) is 6.54 Å². The summed E-state index contributed by atoms with van der Waals surface area (Å²) in [6.45, 7) is 0.485. The molecular formula is C14H12ClF2NO. The summed E-state index contributed by atoms with van der Waals surface area (Å²) in [7, 11) is 0. The van der Waals surface area contributed by atoms with Crippen LogP contribution in [0.3, 0.4) is 0 Å². The molecule has 0 fully saturated rings. The second-order valence-corrected chi connectivity index (χ2v) is 4.38. The molecule has 0 aromatic heterocycles. The van der Waals surface area contributed by atoms with Crippen molar-refractivity contribution in [1.29, 1.82) is 0 Å². The zero-order chi connectivity index (χ0) is 13.8. The second-order valence-electron chi connectivity index (χ2n) is 3.97. The summed E-state index contributed by atoms with van der Waals surface area (Å²) in [6, 6.07) is 7.96. The fourth-order valence-electron chi connectivity index (χ4n) is 1.63. The van der Waals surface area contributed by atoms with Crippen molar-refractivity contribution in [3.05, 3.63) is 58.6 Å². The Morgan fingerprint density at radius 1 is 1.11 bits per heavy atom. The van der Waals surface area contributed by atoms with Crippen LogP contribution in [0.15, 0.2) is 36.4 Å². The van der Waals surface area contributed by atoms with E-state index in [0.29, 0.717) is 23.7 Å². The molecule has 5 heteroatoms. The lowest BCUT2D eigenvalue weighted by Gasteiger charge is -2.09. The molecule has 19 heavy (non-hydrogen) atoms. The first kappa shape index (κ1) is 13.8. The molecule has 0 aliphatic rings. The second kappa shape index (κ2) is 5.99. The van der Waals surface area contributed by atoms with Crippen LogP contribution in [0.25, 0.3) is 0 Å². The monoisotopic (exact) mass is 283 g/mol. The predicted octanol–water partition coefficient (Wildman–Crippen LogP) is 3.91. The Balaban J connectivity index is 2.24.